The summed E-state index contributed by atoms with van der Waals surface area (Å²) in [6, 6.07) is 7.29. The molecule has 0 aliphatic carbocycles. The summed E-state index contributed by atoms with van der Waals surface area (Å²) in [6.45, 7) is 4.23. The first kappa shape index (κ1) is 19.6. The van der Waals surface area contributed by atoms with E-state index in [9.17, 15) is 4.79 Å². The molecular formula is C22H28N4O3. The Labute approximate surface area is 171 Å². The topological polar surface area (TPSA) is 76.6 Å². The maximum atomic E-state index is 13.3. The van der Waals surface area contributed by atoms with Gasteiger partial charge in [-0.3, -0.25) is 4.79 Å². The van der Waals surface area contributed by atoms with Gasteiger partial charge in [0.1, 0.15) is 0 Å². The first-order chi connectivity index (χ1) is 14.2. The summed E-state index contributed by atoms with van der Waals surface area (Å²) in [5.41, 5.74) is 2.26. The molecule has 1 N–H and O–H groups in total. The molecule has 1 aromatic heterocycles. The van der Waals surface area contributed by atoms with Crippen LogP contribution in [0.15, 0.2) is 30.5 Å². The second kappa shape index (κ2) is 8.78. The van der Waals surface area contributed by atoms with Gasteiger partial charge in [-0.15, -0.1) is 0 Å². The minimum Gasteiger partial charge on any atom is -0.493 e. The predicted octanol–water partition coefficient (Wildman–Crippen LogP) is 2.65. The molecule has 1 saturated heterocycles. The first-order valence-corrected chi connectivity index (χ1v) is 10.3. The molecule has 0 radical (unpaired) electrons. The van der Waals surface area contributed by atoms with Crippen LogP contribution >= 0.6 is 0 Å². The number of likely N-dealkylation sites (tertiary alicyclic amines) is 1. The standard InChI is InChI=1S/C22H28N4O3/c1-15(29-20-9-4-3-8-19(20)28-2)22(27)26-12-6-5-7-18(26)21-24-14-16-13-23-11-10-17(16)25-21/h3-4,8-9,14-15,18,23H,5-7,10-13H2,1-2H3/t15-,18+/m0/s1. The van der Waals surface area contributed by atoms with Crippen molar-refractivity contribution in [2.45, 2.75) is 51.3 Å². The van der Waals surface area contributed by atoms with Crippen molar-refractivity contribution in [2.75, 3.05) is 20.2 Å². The van der Waals surface area contributed by atoms with E-state index in [4.69, 9.17) is 14.5 Å². The SMILES string of the molecule is COc1ccccc1O[C@@H](C)C(=O)N1CCCC[C@@H]1c1ncc2c(n1)CCNC2. The third kappa shape index (κ3) is 4.19. The van der Waals surface area contributed by atoms with Crippen molar-refractivity contribution in [3.63, 3.8) is 0 Å². The van der Waals surface area contributed by atoms with E-state index in [1.54, 1.807) is 14.0 Å². The van der Waals surface area contributed by atoms with Gasteiger partial charge >= 0.3 is 0 Å². The molecule has 0 saturated carbocycles. The lowest BCUT2D eigenvalue weighted by Crippen LogP contribution is -2.45. The lowest BCUT2D eigenvalue weighted by molar-refractivity contribution is -0.142. The molecule has 0 unspecified atom stereocenters. The quantitative estimate of drug-likeness (QED) is 0.837. The number of hydrogen-bond donors (Lipinski definition) is 1. The van der Waals surface area contributed by atoms with Gasteiger partial charge in [0.25, 0.3) is 5.91 Å². The van der Waals surface area contributed by atoms with E-state index < -0.39 is 6.10 Å². The van der Waals surface area contributed by atoms with Crippen LogP contribution in [0.3, 0.4) is 0 Å². The van der Waals surface area contributed by atoms with Gasteiger partial charge in [0.2, 0.25) is 0 Å². The second-order valence-corrected chi connectivity index (χ2v) is 7.58. The van der Waals surface area contributed by atoms with Crippen LogP contribution in [0.2, 0.25) is 0 Å². The highest BCUT2D eigenvalue weighted by Crippen LogP contribution is 2.32. The van der Waals surface area contributed by atoms with Crippen LogP contribution in [0.5, 0.6) is 11.5 Å². The molecule has 3 heterocycles. The number of aromatic nitrogens is 2. The number of fused-ring (bicyclic) bond motifs is 1. The Morgan fingerprint density at radius 3 is 2.93 bits per heavy atom. The summed E-state index contributed by atoms with van der Waals surface area (Å²) in [4.78, 5) is 24.6. The molecule has 29 heavy (non-hydrogen) atoms. The third-order valence-corrected chi connectivity index (χ3v) is 5.63. The number of ether oxygens (including phenoxy) is 2. The van der Waals surface area contributed by atoms with Crippen LogP contribution in [0.25, 0.3) is 0 Å². The number of methoxy groups -OCH3 is 1. The van der Waals surface area contributed by atoms with Crippen LogP contribution < -0.4 is 14.8 Å². The van der Waals surface area contributed by atoms with E-state index in [1.807, 2.05) is 35.4 Å². The number of amides is 1. The monoisotopic (exact) mass is 396 g/mol. The number of nitrogens with one attached hydrogen (secondary N) is 1. The van der Waals surface area contributed by atoms with Gasteiger partial charge in [-0.25, -0.2) is 9.97 Å². The van der Waals surface area contributed by atoms with Crippen molar-refractivity contribution in [3.8, 4) is 11.5 Å². The van der Waals surface area contributed by atoms with E-state index >= 15 is 0 Å². The van der Waals surface area contributed by atoms with Crippen molar-refractivity contribution in [1.82, 2.24) is 20.2 Å². The van der Waals surface area contributed by atoms with Crippen LogP contribution in [-0.2, 0) is 17.8 Å². The average Bonchev–Trinajstić information content (AvgIpc) is 2.78. The molecule has 2 aliphatic heterocycles. The Balaban J connectivity index is 1.53. The maximum absolute atomic E-state index is 13.3. The highest BCUT2D eigenvalue weighted by molar-refractivity contribution is 5.81. The summed E-state index contributed by atoms with van der Waals surface area (Å²) in [5, 5.41) is 3.34. The molecule has 1 fully saturated rings. The molecule has 7 heteroatoms. The Kier molecular flexibility index (Phi) is 5.94. The Bertz CT molecular complexity index is 873. The molecule has 2 aromatic rings. The fraction of sp³-hybridized carbons (Fsp3) is 0.500. The summed E-state index contributed by atoms with van der Waals surface area (Å²) in [6.07, 6.45) is 5.13. The third-order valence-electron chi connectivity index (χ3n) is 5.63. The molecule has 154 valence electrons. The highest BCUT2D eigenvalue weighted by atomic mass is 16.5. The Morgan fingerprint density at radius 1 is 1.28 bits per heavy atom. The van der Waals surface area contributed by atoms with Gasteiger partial charge in [-0.2, -0.15) is 0 Å². The highest BCUT2D eigenvalue weighted by Gasteiger charge is 2.34. The number of piperidine rings is 1. The number of rotatable bonds is 5. The largest absolute Gasteiger partial charge is 0.493 e. The molecule has 0 spiro atoms. The predicted molar refractivity (Wildman–Crippen MR) is 109 cm³/mol. The van der Waals surface area contributed by atoms with Crippen LogP contribution in [0, 0.1) is 0 Å². The molecule has 2 aliphatic rings. The smallest absolute Gasteiger partial charge is 0.263 e. The van der Waals surface area contributed by atoms with Gasteiger partial charge in [0, 0.05) is 43.5 Å². The van der Waals surface area contributed by atoms with E-state index in [0.29, 0.717) is 18.0 Å². The van der Waals surface area contributed by atoms with E-state index in [-0.39, 0.29) is 11.9 Å². The molecule has 1 aromatic carbocycles. The van der Waals surface area contributed by atoms with Crippen LogP contribution in [0.4, 0.5) is 0 Å². The summed E-state index contributed by atoms with van der Waals surface area (Å²) >= 11 is 0. The lowest BCUT2D eigenvalue weighted by Gasteiger charge is -2.36. The Morgan fingerprint density at radius 2 is 2.10 bits per heavy atom. The van der Waals surface area contributed by atoms with Crippen LogP contribution in [0.1, 0.15) is 49.3 Å². The van der Waals surface area contributed by atoms with Crippen molar-refractivity contribution in [2.24, 2.45) is 0 Å². The summed E-state index contributed by atoms with van der Waals surface area (Å²) < 4.78 is 11.3. The van der Waals surface area contributed by atoms with Crippen molar-refractivity contribution in [1.29, 1.82) is 0 Å². The average molecular weight is 396 g/mol. The van der Waals surface area contributed by atoms with Gasteiger partial charge in [0.05, 0.1) is 13.2 Å². The molecule has 7 nitrogen and oxygen atoms in total. The number of para-hydroxylation sites is 2. The fourth-order valence-corrected chi connectivity index (χ4v) is 4.07. The van der Waals surface area contributed by atoms with E-state index in [0.717, 1.165) is 55.9 Å². The normalized spacial score (nSPS) is 19.9. The fourth-order valence-electron chi connectivity index (χ4n) is 4.07. The van der Waals surface area contributed by atoms with Crippen molar-refractivity contribution >= 4 is 5.91 Å². The Hall–Kier alpha value is -2.67. The van der Waals surface area contributed by atoms with E-state index in [1.165, 1.54) is 0 Å². The summed E-state index contributed by atoms with van der Waals surface area (Å²) in [5.74, 6) is 1.91. The number of nitrogens with zero attached hydrogens (tertiary/aromatic N) is 3. The van der Waals surface area contributed by atoms with Crippen molar-refractivity contribution < 1.29 is 14.3 Å². The van der Waals surface area contributed by atoms with Gasteiger partial charge in [0.15, 0.2) is 23.4 Å². The number of carbonyl (C=O) groups is 1. The van der Waals surface area contributed by atoms with Gasteiger partial charge in [-0.1, -0.05) is 12.1 Å². The minimum atomic E-state index is -0.617. The zero-order valence-corrected chi connectivity index (χ0v) is 17.1. The molecular weight excluding hydrogens is 368 g/mol. The first-order valence-electron chi connectivity index (χ1n) is 10.3. The number of carbonyl (C=O) groups excluding carboxylic acids is 1. The van der Waals surface area contributed by atoms with E-state index in [2.05, 4.69) is 10.3 Å². The molecule has 2 atom stereocenters. The lowest BCUT2D eigenvalue weighted by atomic mass is 10.00. The molecule has 0 bridgehead atoms. The van der Waals surface area contributed by atoms with Gasteiger partial charge in [-0.05, 0) is 38.3 Å². The van der Waals surface area contributed by atoms with Crippen LogP contribution in [-0.4, -0.2) is 47.1 Å². The maximum Gasteiger partial charge on any atom is 0.263 e. The van der Waals surface area contributed by atoms with Crippen molar-refractivity contribution in [3.05, 3.63) is 47.5 Å². The minimum absolute atomic E-state index is 0.0383. The number of hydrogen-bond acceptors (Lipinski definition) is 6. The zero-order chi connectivity index (χ0) is 20.2. The molecule has 4 rings (SSSR count). The number of benzene rings is 1. The second-order valence-electron chi connectivity index (χ2n) is 7.58. The summed E-state index contributed by atoms with van der Waals surface area (Å²) in [7, 11) is 1.60. The molecule has 1 amide bonds. The van der Waals surface area contributed by atoms with Gasteiger partial charge < -0.3 is 19.7 Å². The zero-order valence-electron chi connectivity index (χ0n) is 17.1.